The van der Waals surface area contributed by atoms with Crippen LogP contribution in [0.2, 0.25) is 0 Å². The molecule has 0 aliphatic carbocycles. The molecule has 0 saturated carbocycles. The number of hydrogen-bond acceptors (Lipinski definition) is 4. The summed E-state index contributed by atoms with van der Waals surface area (Å²) in [5.74, 6) is -0.217. The highest BCUT2D eigenvalue weighted by molar-refractivity contribution is 5.74. The minimum Gasteiger partial charge on any atom is -0.481 e. The van der Waals surface area contributed by atoms with Gasteiger partial charge < -0.3 is 19.6 Å². The van der Waals surface area contributed by atoms with E-state index in [1.165, 1.54) is 4.90 Å². The smallest absolute Gasteiger partial charge is 0.414 e. The first kappa shape index (κ1) is 16.1. The quantitative estimate of drug-likeness (QED) is 0.905. The first-order valence-electron chi connectivity index (χ1n) is 7.42. The Hall–Kier alpha value is -2.24. The van der Waals surface area contributed by atoms with Gasteiger partial charge in [-0.1, -0.05) is 6.07 Å². The molecular weight excluding hydrogens is 284 g/mol. The van der Waals surface area contributed by atoms with Crippen LogP contribution in [0.3, 0.4) is 0 Å². The second-order valence-corrected chi connectivity index (χ2v) is 5.58. The Morgan fingerprint density at radius 1 is 1.45 bits per heavy atom. The number of carboxylic acids is 1. The van der Waals surface area contributed by atoms with Gasteiger partial charge >= 0.3 is 12.1 Å². The van der Waals surface area contributed by atoms with Crippen LogP contribution in [0.4, 0.5) is 10.5 Å². The Bertz CT molecular complexity index is 573. The predicted octanol–water partition coefficient (Wildman–Crippen LogP) is 2.54. The van der Waals surface area contributed by atoms with Crippen LogP contribution in [0, 0.1) is 0 Å². The molecule has 6 heteroatoms. The normalized spacial score (nSPS) is 16.3. The zero-order chi connectivity index (χ0) is 16.3. The number of benzene rings is 1. The molecule has 1 amide bonds. The molecule has 1 aliphatic heterocycles. The molecular formula is C16H22N2O4. The van der Waals surface area contributed by atoms with Crippen molar-refractivity contribution in [3.63, 3.8) is 0 Å². The van der Waals surface area contributed by atoms with E-state index in [9.17, 15) is 9.59 Å². The third kappa shape index (κ3) is 3.32. The van der Waals surface area contributed by atoms with Crippen LogP contribution < -0.4 is 9.64 Å². The lowest BCUT2D eigenvalue weighted by Gasteiger charge is -2.18. The van der Waals surface area contributed by atoms with Crippen molar-refractivity contribution in [2.24, 2.45) is 0 Å². The average Bonchev–Trinajstić information content (AvgIpc) is 2.82. The Kier molecular flexibility index (Phi) is 4.90. The number of carbonyl (C=O) groups is 2. The Morgan fingerprint density at radius 2 is 2.18 bits per heavy atom. The van der Waals surface area contributed by atoms with Gasteiger partial charge in [-0.05, 0) is 25.5 Å². The van der Waals surface area contributed by atoms with Gasteiger partial charge in [-0.15, -0.1) is 0 Å². The highest BCUT2D eigenvalue weighted by Gasteiger charge is 2.31. The van der Waals surface area contributed by atoms with Gasteiger partial charge in [0.15, 0.2) is 0 Å². The number of rotatable bonds is 5. The molecule has 1 aromatic carbocycles. The maximum Gasteiger partial charge on any atom is 0.414 e. The lowest BCUT2D eigenvalue weighted by Crippen LogP contribution is -2.29. The standard InChI is InChI=1S/C16H22N2O4/c1-4-17(2)16(21)22-13-7-5-6-12-15(13)11(10-18(12)3)8-9-14(19)20/h5-7,11H,4,8-10H2,1-3H3,(H,19,20). The summed E-state index contributed by atoms with van der Waals surface area (Å²) in [4.78, 5) is 26.4. The molecule has 0 aromatic heterocycles. The second kappa shape index (κ2) is 6.68. The van der Waals surface area contributed by atoms with Crippen LogP contribution in [-0.4, -0.2) is 49.3 Å². The molecule has 6 nitrogen and oxygen atoms in total. The van der Waals surface area contributed by atoms with Crippen molar-refractivity contribution >= 4 is 17.7 Å². The van der Waals surface area contributed by atoms with Crippen LogP contribution in [0.5, 0.6) is 5.75 Å². The third-order valence-corrected chi connectivity index (χ3v) is 4.05. The van der Waals surface area contributed by atoms with E-state index < -0.39 is 12.1 Å². The molecule has 0 spiro atoms. The number of likely N-dealkylation sites (N-methyl/N-ethyl adjacent to an activating group) is 1. The molecule has 1 N–H and O–H groups in total. The zero-order valence-electron chi connectivity index (χ0n) is 13.2. The SMILES string of the molecule is CCN(C)C(=O)Oc1cccc2c1C(CCC(=O)O)CN2C. The van der Waals surface area contributed by atoms with E-state index in [-0.39, 0.29) is 12.3 Å². The maximum atomic E-state index is 12.0. The van der Waals surface area contributed by atoms with E-state index in [1.54, 1.807) is 13.1 Å². The van der Waals surface area contributed by atoms with Gasteiger partial charge in [0.2, 0.25) is 0 Å². The van der Waals surface area contributed by atoms with Gasteiger partial charge in [-0.25, -0.2) is 4.79 Å². The van der Waals surface area contributed by atoms with Gasteiger partial charge in [0, 0.05) is 50.8 Å². The average molecular weight is 306 g/mol. The molecule has 1 aromatic rings. The van der Waals surface area contributed by atoms with Crippen LogP contribution in [0.15, 0.2) is 18.2 Å². The number of anilines is 1. The summed E-state index contributed by atoms with van der Waals surface area (Å²) < 4.78 is 5.51. The van der Waals surface area contributed by atoms with Crippen molar-refractivity contribution in [1.82, 2.24) is 4.90 Å². The Balaban J connectivity index is 2.26. The summed E-state index contributed by atoms with van der Waals surface area (Å²) in [5, 5.41) is 8.90. The molecule has 0 saturated heterocycles. The largest absolute Gasteiger partial charge is 0.481 e. The van der Waals surface area contributed by atoms with E-state index in [0.29, 0.717) is 18.7 Å². The number of fused-ring (bicyclic) bond motifs is 1. The molecule has 0 radical (unpaired) electrons. The molecule has 120 valence electrons. The third-order valence-electron chi connectivity index (χ3n) is 4.05. The molecule has 1 atom stereocenters. The van der Waals surface area contributed by atoms with Crippen molar-refractivity contribution < 1.29 is 19.4 Å². The monoisotopic (exact) mass is 306 g/mol. The van der Waals surface area contributed by atoms with E-state index in [2.05, 4.69) is 4.90 Å². The number of hydrogen-bond donors (Lipinski definition) is 1. The van der Waals surface area contributed by atoms with Crippen LogP contribution in [0.25, 0.3) is 0 Å². The van der Waals surface area contributed by atoms with Crippen LogP contribution >= 0.6 is 0 Å². The van der Waals surface area contributed by atoms with E-state index >= 15 is 0 Å². The summed E-state index contributed by atoms with van der Waals surface area (Å²) in [6.45, 7) is 3.18. The van der Waals surface area contributed by atoms with E-state index in [4.69, 9.17) is 9.84 Å². The Labute approximate surface area is 130 Å². The van der Waals surface area contributed by atoms with Crippen molar-refractivity contribution in [3.8, 4) is 5.75 Å². The lowest BCUT2D eigenvalue weighted by atomic mass is 9.95. The van der Waals surface area contributed by atoms with Gasteiger partial charge in [-0.3, -0.25) is 4.79 Å². The number of ether oxygens (including phenoxy) is 1. The molecule has 0 bridgehead atoms. The van der Waals surface area contributed by atoms with Crippen LogP contribution in [0.1, 0.15) is 31.2 Å². The minimum atomic E-state index is -0.809. The molecule has 2 rings (SSSR count). The molecule has 1 aliphatic rings. The fourth-order valence-electron chi connectivity index (χ4n) is 2.72. The van der Waals surface area contributed by atoms with Crippen molar-refractivity contribution in [2.45, 2.75) is 25.7 Å². The summed E-state index contributed by atoms with van der Waals surface area (Å²) in [6.07, 6.45) is 0.238. The number of carbonyl (C=O) groups excluding carboxylic acids is 1. The fourth-order valence-corrected chi connectivity index (χ4v) is 2.72. The molecule has 22 heavy (non-hydrogen) atoms. The minimum absolute atomic E-state index is 0.0621. The Morgan fingerprint density at radius 3 is 2.82 bits per heavy atom. The molecule has 1 heterocycles. The van der Waals surface area contributed by atoms with Crippen molar-refractivity contribution in [2.75, 3.05) is 32.1 Å². The first-order chi connectivity index (χ1) is 10.4. The predicted molar refractivity (Wildman–Crippen MR) is 83.7 cm³/mol. The van der Waals surface area contributed by atoms with E-state index in [1.807, 2.05) is 26.1 Å². The fraction of sp³-hybridized carbons (Fsp3) is 0.500. The molecule has 1 unspecified atom stereocenters. The van der Waals surface area contributed by atoms with E-state index in [0.717, 1.165) is 17.8 Å². The van der Waals surface area contributed by atoms with Gasteiger partial charge in [0.1, 0.15) is 5.75 Å². The van der Waals surface area contributed by atoms with Crippen molar-refractivity contribution in [3.05, 3.63) is 23.8 Å². The topological polar surface area (TPSA) is 70.1 Å². The number of nitrogens with zero attached hydrogens (tertiary/aromatic N) is 2. The molecule has 0 fully saturated rings. The van der Waals surface area contributed by atoms with Gasteiger partial charge in [0.05, 0.1) is 0 Å². The second-order valence-electron chi connectivity index (χ2n) is 5.58. The number of amides is 1. The lowest BCUT2D eigenvalue weighted by molar-refractivity contribution is -0.137. The van der Waals surface area contributed by atoms with Gasteiger partial charge in [-0.2, -0.15) is 0 Å². The first-order valence-corrected chi connectivity index (χ1v) is 7.42. The number of aliphatic carboxylic acids is 1. The maximum absolute atomic E-state index is 12.0. The van der Waals surface area contributed by atoms with Crippen molar-refractivity contribution in [1.29, 1.82) is 0 Å². The summed E-state index contributed by atoms with van der Waals surface area (Å²) in [5.41, 5.74) is 1.93. The number of carboxylic acid groups (broad SMARTS) is 1. The zero-order valence-corrected chi connectivity index (χ0v) is 13.2. The summed E-state index contributed by atoms with van der Waals surface area (Å²) >= 11 is 0. The summed E-state index contributed by atoms with van der Waals surface area (Å²) in [7, 11) is 3.64. The van der Waals surface area contributed by atoms with Gasteiger partial charge in [0.25, 0.3) is 0 Å². The van der Waals surface area contributed by atoms with Crippen LogP contribution in [-0.2, 0) is 4.79 Å². The highest BCUT2D eigenvalue weighted by Crippen LogP contribution is 2.43. The summed E-state index contributed by atoms with van der Waals surface area (Å²) in [6, 6.07) is 5.59. The highest BCUT2D eigenvalue weighted by atomic mass is 16.6.